The van der Waals surface area contributed by atoms with Gasteiger partial charge in [0.1, 0.15) is 0 Å². The molecule has 1 aliphatic rings. The second kappa shape index (κ2) is 4.68. The van der Waals surface area contributed by atoms with Gasteiger partial charge in [-0.1, -0.05) is 0 Å². The van der Waals surface area contributed by atoms with E-state index >= 15 is 0 Å². The van der Waals surface area contributed by atoms with Crippen LogP contribution in [-0.2, 0) is 14.8 Å². The Morgan fingerprint density at radius 3 is 2.44 bits per heavy atom. The zero-order valence-electron chi connectivity index (χ0n) is 9.75. The summed E-state index contributed by atoms with van der Waals surface area (Å²) < 4.78 is 24.2. The number of likely N-dealkylation sites (N-methyl/N-ethyl adjacent to an activating group) is 1. The molecule has 1 fully saturated rings. The molecule has 0 radical (unpaired) electrons. The second-order valence-corrected chi connectivity index (χ2v) is 6.33. The van der Waals surface area contributed by atoms with Crippen molar-refractivity contribution in [2.75, 3.05) is 26.4 Å². The highest BCUT2D eigenvalue weighted by Gasteiger charge is 2.34. The van der Waals surface area contributed by atoms with E-state index < -0.39 is 16.0 Å². The summed E-state index contributed by atoms with van der Waals surface area (Å²) in [6, 6.07) is -0.219. The maximum Gasteiger partial charge on any atom is 0.304 e. The molecule has 0 aromatic rings. The number of carbonyl (C=O) groups is 1. The van der Waals surface area contributed by atoms with Gasteiger partial charge in [0.25, 0.3) is 0 Å². The average molecular weight is 250 g/mol. The summed E-state index contributed by atoms with van der Waals surface area (Å²) in [5.41, 5.74) is 0. The van der Waals surface area contributed by atoms with Gasteiger partial charge in [-0.3, -0.25) is 9.69 Å². The van der Waals surface area contributed by atoms with Crippen LogP contribution in [0.1, 0.15) is 13.3 Å². The third kappa shape index (κ3) is 3.16. The normalized spacial score (nSPS) is 29.2. The first-order valence-corrected chi connectivity index (χ1v) is 6.95. The Bertz CT molecular complexity index is 368. The van der Waals surface area contributed by atoms with Crippen LogP contribution in [0.15, 0.2) is 0 Å². The van der Waals surface area contributed by atoms with Crippen LogP contribution in [-0.4, -0.2) is 67.2 Å². The Kier molecular flexibility index (Phi) is 3.92. The van der Waals surface area contributed by atoms with Crippen molar-refractivity contribution in [1.29, 1.82) is 0 Å². The van der Waals surface area contributed by atoms with Crippen molar-refractivity contribution in [3.63, 3.8) is 0 Å². The molecular weight excluding hydrogens is 232 g/mol. The number of piperazine rings is 1. The number of aliphatic carboxylic acids is 1. The lowest BCUT2D eigenvalue weighted by atomic mass is 10.1. The largest absolute Gasteiger partial charge is 0.481 e. The van der Waals surface area contributed by atoms with Crippen molar-refractivity contribution in [1.82, 2.24) is 9.21 Å². The highest BCUT2D eigenvalue weighted by molar-refractivity contribution is 7.88. The van der Waals surface area contributed by atoms with E-state index in [4.69, 9.17) is 5.11 Å². The quantitative estimate of drug-likeness (QED) is 0.725. The minimum Gasteiger partial charge on any atom is -0.481 e. The highest BCUT2D eigenvalue weighted by Crippen LogP contribution is 2.18. The fraction of sp³-hybridized carbons (Fsp3) is 0.889. The molecule has 1 heterocycles. The van der Waals surface area contributed by atoms with Gasteiger partial charge in [-0.15, -0.1) is 0 Å². The van der Waals surface area contributed by atoms with Gasteiger partial charge in [-0.05, 0) is 14.0 Å². The molecule has 94 valence electrons. The van der Waals surface area contributed by atoms with E-state index in [1.165, 1.54) is 4.31 Å². The fourth-order valence-corrected chi connectivity index (χ4v) is 2.83. The second-order valence-electron chi connectivity index (χ2n) is 4.35. The van der Waals surface area contributed by atoms with Crippen LogP contribution < -0.4 is 0 Å². The summed E-state index contributed by atoms with van der Waals surface area (Å²) in [4.78, 5) is 12.6. The Morgan fingerprint density at radius 1 is 1.44 bits per heavy atom. The molecule has 0 bridgehead atoms. The van der Waals surface area contributed by atoms with Gasteiger partial charge in [0, 0.05) is 25.2 Å². The van der Waals surface area contributed by atoms with Gasteiger partial charge in [0.05, 0.1) is 12.7 Å². The van der Waals surface area contributed by atoms with Gasteiger partial charge < -0.3 is 5.11 Å². The first kappa shape index (κ1) is 13.4. The zero-order chi connectivity index (χ0) is 12.5. The van der Waals surface area contributed by atoms with Gasteiger partial charge in [-0.2, -0.15) is 4.31 Å². The van der Waals surface area contributed by atoms with E-state index in [9.17, 15) is 13.2 Å². The summed E-state index contributed by atoms with van der Waals surface area (Å²) in [6.45, 7) is 2.57. The third-order valence-corrected chi connectivity index (χ3v) is 4.27. The van der Waals surface area contributed by atoms with Gasteiger partial charge in [0.2, 0.25) is 10.0 Å². The van der Waals surface area contributed by atoms with Crippen molar-refractivity contribution in [3.8, 4) is 0 Å². The molecule has 0 spiro atoms. The molecule has 1 N–H and O–H groups in total. The maximum atomic E-state index is 11.4. The molecule has 0 aliphatic carbocycles. The van der Waals surface area contributed by atoms with Crippen molar-refractivity contribution in [2.45, 2.75) is 25.4 Å². The van der Waals surface area contributed by atoms with E-state index in [1.54, 1.807) is 0 Å². The van der Waals surface area contributed by atoms with E-state index in [0.29, 0.717) is 6.54 Å². The molecule has 7 heteroatoms. The summed E-state index contributed by atoms with van der Waals surface area (Å²) in [7, 11) is -1.41. The van der Waals surface area contributed by atoms with Crippen LogP contribution in [0.4, 0.5) is 0 Å². The molecule has 0 aromatic carbocycles. The number of hydrogen-bond donors (Lipinski definition) is 1. The lowest BCUT2D eigenvalue weighted by Gasteiger charge is -2.42. The molecule has 1 aliphatic heterocycles. The summed E-state index contributed by atoms with van der Waals surface area (Å²) in [5.74, 6) is -0.903. The summed E-state index contributed by atoms with van der Waals surface area (Å²) in [6.07, 6.45) is 1.12. The SMILES string of the molecule is C[C@@H]1CN(S(C)(=O)=O)C[C@@H](CC(=O)O)N1C. The molecule has 0 amide bonds. The number of carboxylic acids is 1. The van der Waals surface area contributed by atoms with Crippen LogP contribution in [0.25, 0.3) is 0 Å². The van der Waals surface area contributed by atoms with Crippen LogP contribution in [0.2, 0.25) is 0 Å². The zero-order valence-corrected chi connectivity index (χ0v) is 10.6. The topological polar surface area (TPSA) is 77.9 Å². The predicted octanol–water partition coefficient (Wildman–Crippen LogP) is -0.575. The van der Waals surface area contributed by atoms with E-state index in [1.807, 2.05) is 18.9 Å². The summed E-state index contributed by atoms with van der Waals surface area (Å²) >= 11 is 0. The maximum absolute atomic E-state index is 11.4. The Hall–Kier alpha value is -0.660. The lowest BCUT2D eigenvalue weighted by Crippen LogP contribution is -2.57. The number of carboxylic acid groups (broad SMARTS) is 1. The molecule has 0 aromatic heterocycles. The number of hydrogen-bond acceptors (Lipinski definition) is 4. The van der Waals surface area contributed by atoms with E-state index in [0.717, 1.165) is 6.26 Å². The van der Waals surface area contributed by atoms with Gasteiger partial charge in [0.15, 0.2) is 0 Å². The molecule has 0 unspecified atom stereocenters. The fourth-order valence-electron chi connectivity index (χ4n) is 1.90. The van der Waals surface area contributed by atoms with Crippen LogP contribution in [0, 0.1) is 0 Å². The lowest BCUT2D eigenvalue weighted by molar-refractivity contribution is -0.139. The Morgan fingerprint density at radius 2 is 2.00 bits per heavy atom. The Labute approximate surface area is 95.9 Å². The van der Waals surface area contributed by atoms with Crippen molar-refractivity contribution in [2.24, 2.45) is 0 Å². The number of rotatable bonds is 3. The third-order valence-electron chi connectivity index (χ3n) is 3.03. The van der Waals surface area contributed by atoms with E-state index in [2.05, 4.69) is 0 Å². The van der Waals surface area contributed by atoms with Gasteiger partial charge >= 0.3 is 5.97 Å². The molecule has 0 saturated carbocycles. The monoisotopic (exact) mass is 250 g/mol. The number of nitrogens with zero attached hydrogens (tertiary/aromatic N) is 2. The first-order chi connectivity index (χ1) is 7.21. The first-order valence-electron chi connectivity index (χ1n) is 5.10. The average Bonchev–Trinajstić information content (AvgIpc) is 2.10. The van der Waals surface area contributed by atoms with Crippen LogP contribution in [0.5, 0.6) is 0 Å². The molecule has 6 nitrogen and oxygen atoms in total. The molecule has 16 heavy (non-hydrogen) atoms. The molecular formula is C9H18N2O4S. The summed E-state index contributed by atoms with van der Waals surface area (Å²) in [5, 5.41) is 8.76. The molecule has 1 saturated heterocycles. The number of sulfonamides is 1. The smallest absolute Gasteiger partial charge is 0.304 e. The van der Waals surface area contributed by atoms with E-state index in [-0.39, 0.29) is 25.0 Å². The van der Waals surface area contributed by atoms with Crippen molar-refractivity contribution >= 4 is 16.0 Å². The minimum absolute atomic E-state index is 0.0349. The molecule has 1 rings (SSSR count). The van der Waals surface area contributed by atoms with Gasteiger partial charge in [-0.25, -0.2) is 8.42 Å². The minimum atomic E-state index is -3.24. The van der Waals surface area contributed by atoms with Crippen molar-refractivity contribution in [3.05, 3.63) is 0 Å². The van der Waals surface area contributed by atoms with Crippen LogP contribution >= 0.6 is 0 Å². The standard InChI is InChI=1S/C9H18N2O4S/c1-7-5-11(16(3,14)15)6-8(10(7)2)4-9(12)13/h7-8H,4-6H2,1-3H3,(H,12,13)/t7-,8-/m1/s1. The molecule has 2 atom stereocenters. The Balaban J connectivity index is 2.81. The highest BCUT2D eigenvalue weighted by atomic mass is 32.2. The predicted molar refractivity (Wildman–Crippen MR) is 59.7 cm³/mol. The van der Waals surface area contributed by atoms with Crippen molar-refractivity contribution < 1.29 is 18.3 Å². The van der Waals surface area contributed by atoms with Crippen LogP contribution in [0.3, 0.4) is 0 Å².